The first-order valence-electron chi connectivity index (χ1n) is 9.54. The molecule has 144 valence electrons. The molecule has 1 saturated carbocycles. The van der Waals surface area contributed by atoms with Crippen LogP contribution in [0.4, 0.5) is 0 Å². The quantitative estimate of drug-likeness (QED) is 0.716. The van der Waals surface area contributed by atoms with E-state index in [4.69, 9.17) is 16.3 Å². The molecule has 1 fully saturated rings. The molecule has 2 aliphatic carbocycles. The predicted molar refractivity (Wildman–Crippen MR) is 108 cm³/mol. The zero-order valence-electron chi connectivity index (χ0n) is 15.4. The number of hydrogen-bond acceptors (Lipinski definition) is 4. The van der Waals surface area contributed by atoms with Gasteiger partial charge in [0, 0.05) is 21.7 Å². The molecule has 4 rings (SSSR count). The van der Waals surface area contributed by atoms with Crippen LogP contribution in [-0.4, -0.2) is 23.3 Å². The highest BCUT2D eigenvalue weighted by molar-refractivity contribution is 6.52. The molecule has 1 N–H and O–H groups in total. The number of ketones is 2. The zero-order valence-corrected chi connectivity index (χ0v) is 16.1. The minimum atomic E-state index is -0.558. The lowest BCUT2D eigenvalue weighted by atomic mass is 9.74. The van der Waals surface area contributed by atoms with Crippen LogP contribution in [0.3, 0.4) is 0 Å². The predicted octanol–water partition coefficient (Wildman–Crippen LogP) is 5.26. The summed E-state index contributed by atoms with van der Waals surface area (Å²) in [4.78, 5) is 25.1. The average Bonchev–Trinajstić information content (AvgIpc) is 2.73. The van der Waals surface area contributed by atoms with Gasteiger partial charge in [-0.05, 0) is 61.8 Å². The van der Waals surface area contributed by atoms with Crippen LogP contribution < -0.4 is 4.74 Å². The number of aliphatic hydroxyl groups excluding tert-OH is 1. The molecule has 5 heteroatoms. The third-order valence-corrected chi connectivity index (χ3v) is 5.94. The Morgan fingerprint density at radius 1 is 0.893 bits per heavy atom. The summed E-state index contributed by atoms with van der Waals surface area (Å²) in [5.74, 6) is -0.0146. The Morgan fingerprint density at radius 3 is 2.21 bits per heavy atom. The number of benzene rings is 2. The molecule has 0 saturated heterocycles. The first-order valence-corrected chi connectivity index (χ1v) is 9.92. The summed E-state index contributed by atoms with van der Waals surface area (Å²) < 4.78 is 5.85. The van der Waals surface area contributed by atoms with Gasteiger partial charge in [-0.1, -0.05) is 35.9 Å². The van der Waals surface area contributed by atoms with Gasteiger partial charge in [-0.15, -0.1) is 0 Å². The third kappa shape index (κ3) is 3.57. The molecular weight excluding hydrogens is 376 g/mol. The number of ether oxygens (including phenoxy) is 1. The summed E-state index contributed by atoms with van der Waals surface area (Å²) in [6.07, 6.45) is 3.29. The van der Waals surface area contributed by atoms with Crippen LogP contribution in [-0.2, 0) is 4.79 Å². The first kappa shape index (κ1) is 18.8. The number of halogens is 1. The van der Waals surface area contributed by atoms with Gasteiger partial charge in [0.15, 0.2) is 0 Å². The van der Waals surface area contributed by atoms with Crippen molar-refractivity contribution >= 4 is 28.9 Å². The number of carbonyl (C=O) groups excluding carboxylic acids is 2. The Kier molecular flexibility index (Phi) is 5.23. The lowest BCUT2D eigenvalue weighted by Crippen LogP contribution is -2.30. The highest BCUT2D eigenvalue weighted by Crippen LogP contribution is 2.39. The number of carbonyl (C=O) groups is 2. The van der Waals surface area contributed by atoms with Crippen LogP contribution in [0.25, 0.3) is 5.76 Å². The maximum absolute atomic E-state index is 12.6. The Bertz CT molecular complexity index is 937. The summed E-state index contributed by atoms with van der Waals surface area (Å²) in [6, 6.07) is 14.0. The minimum absolute atomic E-state index is 0.0268. The Morgan fingerprint density at radius 2 is 1.54 bits per heavy atom. The van der Waals surface area contributed by atoms with Gasteiger partial charge in [-0.2, -0.15) is 0 Å². The lowest BCUT2D eigenvalue weighted by Gasteiger charge is -2.31. The van der Waals surface area contributed by atoms with Gasteiger partial charge in [0.05, 0.1) is 6.61 Å². The molecule has 0 aromatic heterocycles. The molecule has 0 spiro atoms. The highest BCUT2D eigenvalue weighted by atomic mass is 35.5. The molecular formula is C23H21ClO4. The van der Waals surface area contributed by atoms with Gasteiger partial charge in [0.1, 0.15) is 11.5 Å². The molecule has 2 aromatic rings. The Balaban J connectivity index is 1.42. The highest BCUT2D eigenvalue weighted by Gasteiger charge is 2.38. The van der Waals surface area contributed by atoms with E-state index in [1.54, 1.807) is 36.4 Å². The normalized spacial score (nSPS) is 22.2. The number of rotatable bonds is 4. The molecule has 0 heterocycles. The second kappa shape index (κ2) is 7.80. The van der Waals surface area contributed by atoms with Crippen molar-refractivity contribution in [1.82, 2.24) is 0 Å². The number of aliphatic hydroxyl groups is 1. The molecule has 0 unspecified atom stereocenters. The fraction of sp³-hybridized carbons (Fsp3) is 0.304. The molecule has 0 atom stereocenters. The second-order valence-electron chi connectivity index (χ2n) is 7.45. The van der Waals surface area contributed by atoms with E-state index in [9.17, 15) is 14.7 Å². The largest absolute Gasteiger partial charge is 0.507 e. The van der Waals surface area contributed by atoms with Crippen LogP contribution in [0.1, 0.15) is 41.6 Å². The summed E-state index contributed by atoms with van der Waals surface area (Å²) in [5.41, 5.74) is 1.05. The lowest BCUT2D eigenvalue weighted by molar-refractivity contribution is -0.112. The molecule has 0 amide bonds. The Hall–Kier alpha value is -2.59. The SMILES string of the molecule is O=C1C(=O)c2ccccc2C(O)=C1C1CCC(COc2ccc(Cl)cc2)CC1. The number of allylic oxidation sites excluding steroid dienone is 1. The van der Waals surface area contributed by atoms with Crippen molar-refractivity contribution in [2.24, 2.45) is 11.8 Å². The zero-order chi connectivity index (χ0) is 19.7. The first-order chi connectivity index (χ1) is 13.5. The van der Waals surface area contributed by atoms with Crippen LogP contribution in [0.2, 0.25) is 5.02 Å². The topological polar surface area (TPSA) is 63.6 Å². The molecule has 2 aliphatic rings. The van der Waals surface area contributed by atoms with E-state index < -0.39 is 11.6 Å². The molecule has 0 bridgehead atoms. The van der Waals surface area contributed by atoms with E-state index in [1.165, 1.54) is 0 Å². The van der Waals surface area contributed by atoms with Gasteiger partial charge < -0.3 is 9.84 Å². The fourth-order valence-corrected chi connectivity index (χ4v) is 4.25. The monoisotopic (exact) mass is 396 g/mol. The molecule has 0 radical (unpaired) electrons. The van der Waals surface area contributed by atoms with Crippen molar-refractivity contribution in [2.75, 3.05) is 6.61 Å². The second-order valence-corrected chi connectivity index (χ2v) is 7.89. The standard InChI is InChI=1S/C23H21ClO4/c24-16-9-11-17(12-10-16)28-13-14-5-7-15(8-6-14)20-21(25)18-3-1-2-4-19(18)22(26)23(20)27/h1-4,9-12,14-15,25H,5-8,13H2. The molecule has 28 heavy (non-hydrogen) atoms. The van der Waals surface area contributed by atoms with E-state index in [2.05, 4.69) is 0 Å². The maximum atomic E-state index is 12.6. The summed E-state index contributed by atoms with van der Waals surface area (Å²) in [7, 11) is 0. The van der Waals surface area contributed by atoms with E-state index in [0.717, 1.165) is 31.4 Å². The van der Waals surface area contributed by atoms with E-state index in [0.29, 0.717) is 34.2 Å². The third-order valence-electron chi connectivity index (χ3n) is 5.69. The summed E-state index contributed by atoms with van der Waals surface area (Å²) >= 11 is 5.88. The smallest absolute Gasteiger partial charge is 0.234 e. The minimum Gasteiger partial charge on any atom is -0.507 e. The number of fused-ring (bicyclic) bond motifs is 1. The van der Waals surface area contributed by atoms with Gasteiger partial charge in [0.25, 0.3) is 0 Å². The van der Waals surface area contributed by atoms with Crippen molar-refractivity contribution in [3.8, 4) is 5.75 Å². The molecule has 4 nitrogen and oxygen atoms in total. The van der Waals surface area contributed by atoms with Crippen LogP contribution in [0.15, 0.2) is 54.1 Å². The van der Waals surface area contributed by atoms with E-state index >= 15 is 0 Å². The van der Waals surface area contributed by atoms with Gasteiger partial charge in [-0.3, -0.25) is 9.59 Å². The fourth-order valence-electron chi connectivity index (χ4n) is 4.13. The van der Waals surface area contributed by atoms with Crippen molar-refractivity contribution in [3.63, 3.8) is 0 Å². The molecule has 2 aromatic carbocycles. The van der Waals surface area contributed by atoms with Gasteiger partial charge >= 0.3 is 0 Å². The summed E-state index contributed by atoms with van der Waals surface area (Å²) in [5, 5.41) is 11.3. The van der Waals surface area contributed by atoms with Crippen LogP contribution in [0, 0.1) is 11.8 Å². The Labute approximate surface area is 168 Å². The van der Waals surface area contributed by atoms with E-state index in [1.807, 2.05) is 12.1 Å². The van der Waals surface area contributed by atoms with Crippen molar-refractivity contribution in [1.29, 1.82) is 0 Å². The number of Topliss-reactive ketones (excluding diaryl/α,β-unsaturated/α-hetero) is 2. The van der Waals surface area contributed by atoms with Gasteiger partial charge in [0.2, 0.25) is 11.6 Å². The average molecular weight is 397 g/mol. The van der Waals surface area contributed by atoms with Crippen molar-refractivity contribution < 1.29 is 19.4 Å². The summed E-state index contributed by atoms with van der Waals surface area (Å²) in [6.45, 7) is 0.606. The van der Waals surface area contributed by atoms with Crippen LogP contribution >= 0.6 is 11.6 Å². The van der Waals surface area contributed by atoms with Crippen molar-refractivity contribution in [3.05, 3.63) is 70.3 Å². The molecule has 0 aliphatic heterocycles. The van der Waals surface area contributed by atoms with E-state index in [-0.39, 0.29) is 11.7 Å². The number of hydrogen-bond donors (Lipinski definition) is 1. The van der Waals surface area contributed by atoms with Crippen molar-refractivity contribution in [2.45, 2.75) is 25.7 Å². The van der Waals surface area contributed by atoms with Crippen LogP contribution in [0.5, 0.6) is 5.75 Å². The van der Waals surface area contributed by atoms with Gasteiger partial charge in [-0.25, -0.2) is 0 Å². The maximum Gasteiger partial charge on any atom is 0.234 e.